The molecule has 7 nitrogen and oxygen atoms in total. The molecule has 0 radical (unpaired) electrons. The van der Waals surface area contributed by atoms with Crippen molar-refractivity contribution in [2.45, 2.75) is 26.0 Å². The molecule has 128 valence electrons. The van der Waals surface area contributed by atoms with E-state index < -0.39 is 0 Å². The van der Waals surface area contributed by atoms with Gasteiger partial charge in [0.15, 0.2) is 5.69 Å². The summed E-state index contributed by atoms with van der Waals surface area (Å²) in [4.78, 5) is 19.2. The van der Waals surface area contributed by atoms with Gasteiger partial charge >= 0.3 is 0 Å². The maximum Gasteiger partial charge on any atom is 0.276 e. The Kier molecular flexibility index (Phi) is 4.99. The maximum absolute atomic E-state index is 12.6. The minimum absolute atomic E-state index is 0.0305. The van der Waals surface area contributed by atoms with E-state index >= 15 is 0 Å². The zero-order valence-electron chi connectivity index (χ0n) is 14.2. The van der Waals surface area contributed by atoms with Crippen LogP contribution in [0.4, 0.5) is 0 Å². The van der Waals surface area contributed by atoms with Crippen molar-refractivity contribution in [2.24, 2.45) is 0 Å². The molecule has 2 atom stereocenters. The molecule has 0 N–H and O–H groups in total. The van der Waals surface area contributed by atoms with Gasteiger partial charge in [0.05, 0.1) is 12.7 Å². The number of hydrogen-bond donors (Lipinski definition) is 0. The summed E-state index contributed by atoms with van der Waals surface area (Å²) in [6.07, 6.45) is 1.78. The second-order valence-electron chi connectivity index (χ2n) is 6.71. The first kappa shape index (κ1) is 16.4. The van der Waals surface area contributed by atoms with E-state index in [2.05, 4.69) is 28.9 Å². The quantitative estimate of drug-likeness (QED) is 0.806. The number of carbonyl (C=O) groups is 1. The van der Waals surface area contributed by atoms with Gasteiger partial charge in [0, 0.05) is 50.9 Å². The summed E-state index contributed by atoms with van der Waals surface area (Å²) >= 11 is 0. The highest BCUT2D eigenvalue weighted by molar-refractivity contribution is 5.93. The molecule has 1 aromatic rings. The van der Waals surface area contributed by atoms with Crippen molar-refractivity contribution >= 4 is 5.91 Å². The van der Waals surface area contributed by atoms with E-state index in [4.69, 9.17) is 9.26 Å². The van der Waals surface area contributed by atoms with Gasteiger partial charge in [0.1, 0.15) is 6.26 Å². The van der Waals surface area contributed by atoms with Crippen LogP contribution in [0.15, 0.2) is 10.8 Å². The zero-order valence-corrected chi connectivity index (χ0v) is 14.2. The Morgan fingerprint density at radius 3 is 2.83 bits per heavy atom. The normalized spacial score (nSPS) is 27.3. The number of ether oxygens (including phenoxy) is 1. The second kappa shape index (κ2) is 6.98. The molecule has 3 rings (SSSR count). The van der Waals surface area contributed by atoms with Crippen LogP contribution >= 0.6 is 0 Å². The Hall–Kier alpha value is -1.44. The molecule has 0 aromatic carbocycles. The molecule has 2 saturated heterocycles. The molecule has 3 heterocycles. The van der Waals surface area contributed by atoms with Crippen LogP contribution < -0.4 is 0 Å². The molecule has 1 aromatic heterocycles. The Bertz CT molecular complexity index is 547. The number of aryl methyl sites for hydroxylation is 1. The van der Waals surface area contributed by atoms with Gasteiger partial charge in [-0.3, -0.25) is 9.69 Å². The predicted molar refractivity (Wildman–Crippen MR) is 85.4 cm³/mol. The predicted octanol–water partition coefficient (Wildman–Crippen LogP) is 0.460. The Balaban J connectivity index is 1.55. The molecule has 2 unspecified atom stereocenters. The van der Waals surface area contributed by atoms with E-state index in [0.717, 1.165) is 51.4 Å². The highest BCUT2D eigenvalue weighted by Crippen LogP contribution is 2.16. The lowest BCUT2D eigenvalue weighted by molar-refractivity contribution is -0.0436. The third-order valence-electron chi connectivity index (χ3n) is 4.73. The van der Waals surface area contributed by atoms with Crippen molar-refractivity contribution < 1.29 is 14.1 Å². The lowest BCUT2D eigenvalue weighted by Crippen LogP contribution is -2.56. The van der Waals surface area contributed by atoms with Gasteiger partial charge in [-0.2, -0.15) is 0 Å². The topological polar surface area (TPSA) is 62.1 Å². The Morgan fingerprint density at radius 2 is 2.17 bits per heavy atom. The third-order valence-corrected chi connectivity index (χ3v) is 4.73. The van der Waals surface area contributed by atoms with Crippen LogP contribution in [0.1, 0.15) is 23.0 Å². The van der Waals surface area contributed by atoms with Gasteiger partial charge in [0.2, 0.25) is 0 Å². The van der Waals surface area contributed by atoms with Crippen molar-refractivity contribution in [1.29, 1.82) is 0 Å². The first-order valence-electron chi connectivity index (χ1n) is 8.29. The standard InChI is InChI=1S/C16H26N4O3/c1-12-11-23-17-15(12)16(21)20-5-4-19(8-13(20)2)10-14-9-18(3)6-7-22-14/h11,13-14H,4-10H2,1-3H3. The number of nitrogens with zero attached hydrogens (tertiary/aromatic N) is 4. The number of aromatic nitrogens is 1. The molecular formula is C16H26N4O3. The van der Waals surface area contributed by atoms with E-state index in [1.54, 1.807) is 0 Å². The molecule has 0 bridgehead atoms. The number of amides is 1. The minimum atomic E-state index is -0.0305. The fourth-order valence-electron chi connectivity index (χ4n) is 3.40. The first-order valence-corrected chi connectivity index (χ1v) is 8.29. The van der Waals surface area contributed by atoms with Crippen molar-refractivity contribution in [2.75, 3.05) is 52.9 Å². The van der Waals surface area contributed by atoms with E-state index in [1.165, 1.54) is 6.26 Å². The summed E-state index contributed by atoms with van der Waals surface area (Å²) in [5, 5.41) is 3.84. The van der Waals surface area contributed by atoms with E-state index in [-0.39, 0.29) is 18.1 Å². The SMILES string of the molecule is Cc1conc1C(=O)N1CCN(CC2CN(C)CCO2)CC1C. The van der Waals surface area contributed by atoms with Crippen LogP contribution in [0.2, 0.25) is 0 Å². The zero-order chi connectivity index (χ0) is 16.4. The number of carbonyl (C=O) groups excluding carboxylic acids is 1. The summed E-state index contributed by atoms with van der Waals surface area (Å²) in [6.45, 7) is 10.1. The van der Waals surface area contributed by atoms with E-state index in [0.29, 0.717) is 5.69 Å². The average molecular weight is 322 g/mol. The molecule has 2 fully saturated rings. The fraction of sp³-hybridized carbons (Fsp3) is 0.750. The van der Waals surface area contributed by atoms with Crippen molar-refractivity contribution in [1.82, 2.24) is 19.9 Å². The van der Waals surface area contributed by atoms with Gasteiger partial charge < -0.3 is 19.1 Å². The lowest BCUT2D eigenvalue weighted by atomic mass is 10.1. The summed E-state index contributed by atoms with van der Waals surface area (Å²) in [6, 6.07) is 0.161. The van der Waals surface area contributed by atoms with Crippen LogP contribution in [-0.2, 0) is 4.74 Å². The van der Waals surface area contributed by atoms with Crippen molar-refractivity contribution in [3.05, 3.63) is 17.5 Å². The smallest absolute Gasteiger partial charge is 0.276 e. The number of rotatable bonds is 3. The average Bonchev–Trinajstić information content (AvgIpc) is 2.93. The minimum Gasteiger partial charge on any atom is -0.374 e. The van der Waals surface area contributed by atoms with Crippen molar-refractivity contribution in [3.63, 3.8) is 0 Å². The number of likely N-dealkylation sites (N-methyl/N-ethyl adjacent to an activating group) is 1. The fourth-order valence-corrected chi connectivity index (χ4v) is 3.40. The Morgan fingerprint density at radius 1 is 1.35 bits per heavy atom. The van der Waals surface area contributed by atoms with Crippen LogP contribution in [0.5, 0.6) is 0 Å². The summed E-state index contributed by atoms with van der Waals surface area (Å²) < 4.78 is 10.7. The maximum atomic E-state index is 12.6. The van der Waals surface area contributed by atoms with E-state index in [9.17, 15) is 4.79 Å². The molecule has 7 heteroatoms. The number of piperazine rings is 1. The van der Waals surface area contributed by atoms with E-state index in [1.807, 2.05) is 11.8 Å². The van der Waals surface area contributed by atoms with Gasteiger partial charge in [-0.25, -0.2) is 0 Å². The summed E-state index contributed by atoms with van der Waals surface area (Å²) in [5.74, 6) is -0.0305. The molecular weight excluding hydrogens is 296 g/mol. The molecule has 23 heavy (non-hydrogen) atoms. The molecule has 1 amide bonds. The second-order valence-corrected chi connectivity index (χ2v) is 6.71. The molecule has 2 aliphatic heterocycles. The van der Waals surface area contributed by atoms with Crippen LogP contribution in [0.3, 0.4) is 0 Å². The van der Waals surface area contributed by atoms with Gasteiger partial charge in [-0.15, -0.1) is 0 Å². The summed E-state index contributed by atoms with van der Waals surface area (Å²) in [7, 11) is 2.13. The molecule has 0 spiro atoms. The van der Waals surface area contributed by atoms with Crippen LogP contribution in [-0.4, -0.2) is 90.8 Å². The number of morpholine rings is 1. The van der Waals surface area contributed by atoms with Crippen molar-refractivity contribution in [3.8, 4) is 0 Å². The highest BCUT2D eigenvalue weighted by atomic mass is 16.5. The van der Waals surface area contributed by atoms with Crippen LogP contribution in [0.25, 0.3) is 0 Å². The largest absolute Gasteiger partial charge is 0.374 e. The lowest BCUT2D eigenvalue weighted by Gasteiger charge is -2.41. The highest BCUT2D eigenvalue weighted by Gasteiger charge is 2.31. The third kappa shape index (κ3) is 3.73. The monoisotopic (exact) mass is 322 g/mol. The first-order chi connectivity index (χ1) is 11.0. The van der Waals surface area contributed by atoms with Gasteiger partial charge in [-0.1, -0.05) is 5.16 Å². The number of hydrogen-bond acceptors (Lipinski definition) is 6. The molecule has 2 aliphatic rings. The van der Waals surface area contributed by atoms with Gasteiger partial charge in [0.25, 0.3) is 5.91 Å². The van der Waals surface area contributed by atoms with Gasteiger partial charge in [-0.05, 0) is 20.9 Å². The Labute approximate surface area is 137 Å². The summed E-state index contributed by atoms with van der Waals surface area (Å²) in [5.41, 5.74) is 1.23. The molecule has 0 saturated carbocycles. The van der Waals surface area contributed by atoms with Crippen LogP contribution in [0, 0.1) is 6.92 Å². The molecule has 0 aliphatic carbocycles.